The molecule has 0 aliphatic carbocycles. The Hall–Kier alpha value is -3.14. The van der Waals surface area contributed by atoms with Gasteiger partial charge in [0.25, 0.3) is 0 Å². The number of nitrogens with zero attached hydrogens (tertiary/aromatic N) is 1. The van der Waals surface area contributed by atoms with Crippen molar-refractivity contribution in [2.45, 2.75) is 13.1 Å². The van der Waals surface area contributed by atoms with E-state index >= 15 is 0 Å². The van der Waals surface area contributed by atoms with Crippen LogP contribution in [0.3, 0.4) is 0 Å². The summed E-state index contributed by atoms with van der Waals surface area (Å²) in [5, 5.41) is 11.1. The number of carbonyl (C=O) groups excluding carboxylic acids is 1. The van der Waals surface area contributed by atoms with Gasteiger partial charge in [-0.05, 0) is 48.4 Å². The topological polar surface area (TPSA) is 52.9 Å². The van der Waals surface area contributed by atoms with Gasteiger partial charge < -0.3 is 5.32 Å². The lowest BCUT2D eigenvalue weighted by Gasteiger charge is -2.11. The SMILES string of the molecule is CC(=CC(=O)Nc1ccc(C#N)c(C(F)(F)F)c1)c1ccc(F)cc1. The summed E-state index contributed by atoms with van der Waals surface area (Å²) >= 11 is 0. The van der Waals surface area contributed by atoms with Crippen LogP contribution >= 0.6 is 0 Å². The summed E-state index contributed by atoms with van der Waals surface area (Å²) in [7, 11) is 0. The zero-order chi connectivity index (χ0) is 18.6. The Morgan fingerprint density at radius 1 is 1.16 bits per heavy atom. The fraction of sp³-hybridized carbons (Fsp3) is 0.111. The van der Waals surface area contributed by atoms with Crippen LogP contribution in [-0.4, -0.2) is 5.91 Å². The van der Waals surface area contributed by atoms with Crippen LogP contribution in [0.1, 0.15) is 23.6 Å². The Labute approximate surface area is 141 Å². The van der Waals surface area contributed by atoms with Gasteiger partial charge in [0.2, 0.25) is 5.91 Å². The second-order valence-corrected chi connectivity index (χ2v) is 5.19. The summed E-state index contributed by atoms with van der Waals surface area (Å²) in [5.41, 5.74) is -0.607. The number of nitriles is 1. The van der Waals surface area contributed by atoms with Crippen LogP contribution in [0.25, 0.3) is 5.57 Å². The lowest BCUT2D eigenvalue weighted by atomic mass is 10.1. The quantitative estimate of drug-likeness (QED) is 0.642. The number of hydrogen-bond donors (Lipinski definition) is 1. The molecule has 7 heteroatoms. The molecule has 3 nitrogen and oxygen atoms in total. The summed E-state index contributed by atoms with van der Waals surface area (Å²) in [6, 6.07) is 9.82. The van der Waals surface area contributed by atoms with Crippen molar-refractivity contribution < 1.29 is 22.4 Å². The van der Waals surface area contributed by atoms with Gasteiger partial charge in [-0.2, -0.15) is 18.4 Å². The summed E-state index contributed by atoms with van der Waals surface area (Å²) in [4.78, 5) is 12.0. The number of carbonyl (C=O) groups is 1. The van der Waals surface area contributed by atoms with Crippen molar-refractivity contribution in [1.82, 2.24) is 0 Å². The Balaban J connectivity index is 2.22. The van der Waals surface area contributed by atoms with E-state index in [1.54, 1.807) is 6.92 Å². The van der Waals surface area contributed by atoms with Crippen molar-refractivity contribution >= 4 is 17.2 Å². The molecular weight excluding hydrogens is 336 g/mol. The highest BCUT2D eigenvalue weighted by Crippen LogP contribution is 2.33. The highest BCUT2D eigenvalue weighted by Gasteiger charge is 2.33. The van der Waals surface area contributed by atoms with Crippen LogP contribution in [-0.2, 0) is 11.0 Å². The first-order valence-electron chi connectivity index (χ1n) is 7.07. The Morgan fingerprint density at radius 2 is 1.80 bits per heavy atom. The second-order valence-electron chi connectivity index (χ2n) is 5.19. The summed E-state index contributed by atoms with van der Waals surface area (Å²) in [6.45, 7) is 1.62. The van der Waals surface area contributed by atoms with Crippen molar-refractivity contribution in [3.05, 3.63) is 71.0 Å². The number of allylic oxidation sites excluding steroid dienone is 1. The number of halogens is 4. The van der Waals surface area contributed by atoms with E-state index in [0.29, 0.717) is 17.2 Å². The normalized spacial score (nSPS) is 11.8. The lowest BCUT2D eigenvalue weighted by Crippen LogP contribution is -2.12. The smallest absolute Gasteiger partial charge is 0.322 e. The average Bonchev–Trinajstić information content (AvgIpc) is 2.54. The van der Waals surface area contributed by atoms with Gasteiger partial charge in [-0.15, -0.1) is 0 Å². The van der Waals surface area contributed by atoms with Gasteiger partial charge in [0.1, 0.15) is 5.82 Å². The van der Waals surface area contributed by atoms with Gasteiger partial charge in [0.15, 0.2) is 0 Å². The first-order chi connectivity index (χ1) is 11.7. The first kappa shape index (κ1) is 18.2. The Kier molecular flexibility index (Phi) is 5.22. The molecule has 0 aliphatic heterocycles. The Morgan fingerprint density at radius 3 is 2.36 bits per heavy atom. The largest absolute Gasteiger partial charge is 0.417 e. The zero-order valence-electron chi connectivity index (χ0n) is 13.0. The molecule has 1 amide bonds. The third-order valence-electron chi connectivity index (χ3n) is 3.36. The van der Waals surface area contributed by atoms with Gasteiger partial charge in [0, 0.05) is 11.8 Å². The van der Waals surface area contributed by atoms with Crippen LogP contribution < -0.4 is 5.32 Å². The molecule has 0 radical (unpaired) electrons. The highest BCUT2D eigenvalue weighted by molar-refractivity contribution is 6.03. The van der Waals surface area contributed by atoms with Crippen LogP contribution in [0.4, 0.5) is 23.2 Å². The van der Waals surface area contributed by atoms with Gasteiger partial charge in [-0.1, -0.05) is 12.1 Å². The summed E-state index contributed by atoms with van der Waals surface area (Å²) < 4.78 is 51.6. The maximum absolute atomic E-state index is 12.9. The zero-order valence-corrected chi connectivity index (χ0v) is 13.0. The molecule has 0 aliphatic rings. The van der Waals surface area contributed by atoms with Crippen molar-refractivity contribution in [2.75, 3.05) is 5.32 Å². The minimum absolute atomic E-state index is 0.0838. The molecular formula is C18H12F4N2O. The van der Waals surface area contributed by atoms with E-state index in [1.807, 2.05) is 0 Å². The van der Waals surface area contributed by atoms with E-state index in [0.717, 1.165) is 6.07 Å². The predicted octanol–water partition coefficient (Wildman–Crippen LogP) is 4.76. The maximum atomic E-state index is 12.9. The molecule has 0 spiro atoms. The minimum Gasteiger partial charge on any atom is -0.322 e. The van der Waals surface area contributed by atoms with Crippen molar-refractivity contribution in [2.24, 2.45) is 0 Å². The third-order valence-corrected chi connectivity index (χ3v) is 3.36. The number of amides is 1. The molecule has 0 aromatic heterocycles. The molecule has 2 aromatic carbocycles. The molecule has 0 unspecified atom stereocenters. The van der Waals surface area contributed by atoms with E-state index < -0.39 is 29.0 Å². The van der Waals surface area contributed by atoms with E-state index in [2.05, 4.69) is 5.32 Å². The third kappa shape index (κ3) is 4.67. The minimum atomic E-state index is -4.70. The predicted molar refractivity (Wildman–Crippen MR) is 84.8 cm³/mol. The van der Waals surface area contributed by atoms with E-state index in [9.17, 15) is 22.4 Å². The fourth-order valence-corrected chi connectivity index (χ4v) is 2.13. The number of hydrogen-bond acceptors (Lipinski definition) is 2. The number of rotatable bonds is 3. The van der Waals surface area contributed by atoms with Crippen LogP contribution in [0.15, 0.2) is 48.5 Å². The molecule has 0 atom stereocenters. The molecule has 1 N–H and O–H groups in total. The van der Waals surface area contributed by atoms with Gasteiger partial charge in [-0.3, -0.25) is 4.79 Å². The van der Waals surface area contributed by atoms with Crippen molar-refractivity contribution in [1.29, 1.82) is 5.26 Å². The molecule has 0 saturated heterocycles. The summed E-state index contributed by atoms with van der Waals surface area (Å²) in [5.74, 6) is -1.06. The monoisotopic (exact) mass is 348 g/mol. The highest BCUT2D eigenvalue weighted by atomic mass is 19.4. The number of benzene rings is 2. The summed E-state index contributed by atoms with van der Waals surface area (Å²) in [6.07, 6.45) is -3.51. The number of alkyl halides is 3. The van der Waals surface area contributed by atoms with Crippen molar-refractivity contribution in [3.63, 3.8) is 0 Å². The lowest BCUT2D eigenvalue weighted by molar-refractivity contribution is -0.137. The molecule has 2 rings (SSSR count). The van der Waals surface area contributed by atoms with Crippen LogP contribution in [0.2, 0.25) is 0 Å². The van der Waals surface area contributed by atoms with Gasteiger partial charge in [0.05, 0.1) is 17.2 Å². The van der Waals surface area contributed by atoms with Gasteiger partial charge in [-0.25, -0.2) is 4.39 Å². The molecule has 0 bridgehead atoms. The number of nitrogens with one attached hydrogen (secondary N) is 1. The second kappa shape index (κ2) is 7.18. The average molecular weight is 348 g/mol. The van der Waals surface area contributed by atoms with E-state index in [4.69, 9.17) is 5.26 Å². The fourth-order valence-electron chi connectivity index (χ4n) is 2.13. The maximum Gasteiger partial charge on any atom is 0.417 e. The molecule has 128 valence electrons. The molecule has 25 heavy (non-hydrogen) atoms. The molecule has 0 heterocycles. The van der Waals surface area contributed by atoms with Crippen molar-refractivity contribution in [3.8, 4) is 6.07 Å². The molecule has 0 saturated carbocycles. The standard InChI is InChI=1S/C18H12F4N2O/c1-11(12-2-5-14(19)6-3-12)8-17(25)24-15-7-4-13(10-23)16(9-15)18(20,21)22/h2-9H,1H3,(H,24,25). The molecule has 0 fully saturated rings. The van der Waals surface area contributed by atoms with Gasteiger partial charge >= 0.3 is 6.18 Å². The van der Waals surface area contributed by atoms with E-state index in [1.165, 1.54) is 42.5 Å². The van der Waals surface area contributed by atoms with Crippen LogP contribution in [0, 0.1) is 17.1 Å². The number of anilines is 1. The van der Waals surface area contributed by atoms with Crippen LogP contribution in [0.5, 0.6) is 0 Å². The first-order valence-corrected chi connectivity index (χ1v) is 7.07. The van der Waals surface area contributed by atoms with E-state index in [-0.39, 0.29) is 5.69 Å². The molecule has 2 aromatic rings. The Bertz CT molecular complexity index is 862.